The molecule has 4 heteroatoms. The molecule has 0 radical (unpaired) electrons. The fourth-order valence-corrected chi connectivity index (χ4v) is 3.40. The fourth-order valence-electron chi connectivity index (χ4n) is 2.82. The van der Waals surface area contributed by atoms with Crippen molar-refractivity contribution < 1.29 is 0 Å². The molecule has 29 heavy (non-hydrogen) atoms. The Hall–Kier alpha value is -3.11. The highest BCUT2D eigenvalue weighted by Crippen LogP contribution is 2.21. The van der Waals surface area contributed by atoms with Gasteiger partial charge in [0.25, 0.3) is 0 Å². The first-order valence-corrected chi connectivity index (χ1v) is 10.7. The zero-order valence-corrected chi connectivity index (χ0v) is 17.6. The second-order valence-electron chi connectivity index (χ2n) is 6.47. The average molecular weight is 400 g/mol. The van der Waals surface area contributed by atoms with Crippen LogP contribution in [0, 0.1) is 6.92 Å². The van der Waals surface area contributed by atoms with Gasteiger partial charge in [0.1, 0.15) is 0 Å². The van der Waals surface area contributed by atoms with Gasteiger partial charge in [-0.3, -0.25) is 0 Å². The summed E-state index contributed by atoms with van der Waals surface area (Å²) in [5.41, 5.74) is 4.16. The van der Waals surface area contributed by atoms with Gasteiger partial charge in [-0.15, -0.1) is 6.58 Å². The van der Waals surface area contributed by atoms with Gasteiger partial charge in [0.15, 0.2) is 11.0 Å². The SMILES string of the molecule is C=CCN(C(=NC(=Nc1ccccc1)c1ccccc1)SC)c1ccc(C)cc1. The van der Waals surface area contributed by atoms with Crippen molar-refractivity contribution in [3.8, 4) is 0 Å². The molecule has 3 aromatic rings. The molecular weight excluding hydrogens is 374 g/mol. The van der Waals surface area contributed by atoms with Gasteiger partial charge in [-0.05, 0) is 37.4 Å². The van der Waals surface area contributed by atoms with Gasteiger partial charge < -0.3 is 4.90 Å². The number of thioether (sulfide) groups is 1. The number of benzene rings is 3. The van der Waals surface area contributed by atoms with Gasteiger partial charge >= 0.3 is 0 Å². The summed E-state index contributed by atoms with van der Waals surface area (Å²) in [4.78, 5) is 12.0. The molecule has 0 atom stereocenters. The third-order valence-electron chi connectivity index (χ3n) is 4.30. The number of para-hydroxylation sites is 1. The van der Waals surface area contributed by atoms with E-state index in [2.05, 4.69) is 42.7 Å². The summed E-state index contributed by atoms with van der Waals surface area (Å²) in [6.07, 6.45) is 3.93. The molecule has 3 rings (SSSR count). The zero-order valence-electron chi connectivity index (χ0n) is 16.8. The first-order chi connectivity index (χ1) is 14.2. The smallest absolute Gasteiger partial charge is 0.170 e. The Balaban J connectivity index is 2.08. The fraction of sp³-hybridized carbons (Fsp3) is 0.120. The highest BCUT2D eigenvalue weighted by atomic mass is 32.2. The van der Waals surface area contributed by atoms with Gasteiger partial charge in [-0.25, -0.2) is 9.98 Å². The minimum absolute atomic E-state index is 0.663. The van der Waals surface area contributed by atoms with Crippen molar-refractivity contribution in [2.24, 2.45) is 9.98 Å². The van der Waals surface area contributed by atoms with E-state index in [9.17, 15) is 0 Å². The van der Waals surface area contributed by atoms with Crippen LogP contribution in [0.1, 0.15) is 11.1 Å². The third-order valence-corrected chi connectivity index (χ3v) is 4.97. The van der Waals surface area contributed by atoms with Crippen LogP contribution < -0.4 is 4.90 Å². The Morgan fingerprint density at radius 3 is 2.14 bits per heavy atom. The van der Waals surface area contributed by atoms with E-state index in [1.165, 1.54) is 5.56 Å². The highest BCUT2D eigenvalue weighted by Gasteiger charge is 2.14. The lowest BCUT2D eigenvalue weighted by Crippen LogP contribution is -2.29. The maximum atomic E-state index is 4.99. The standard InChI is InChI=1S/C25H25N3S/c1-4-19-28(23-17-15-20(2)16-18-23)25(29-3)27-24(21-11-7-5-8-12-21)26-22-13-9-6-10-14-22/h4-18H,1,19H2,2-3H3. The molecule has 0 bridgehead atoms. The van der Waals surface area contributed by atoms with Crippen molar-refractivity contribution in [3.63, 3.8) is 0 Å². The third kappa shape index (κ3) is 5.69. The molecular formula is C25H25N3S. The number of nitrogens with zero attached hydrogens (tertiary/aromatic N) is 3. The highest BCUT2D eigenvalue weighted by molar-refractivity contribution is 8.13. The molecule has 3 nitrogen and oxygen atoms in total. The number of hydrogen-bond acceptors (Lipinski definition) is 2. The molecule has 0 amide bonds. The number of amidine groups is 2. The molecule has 0 saturated heterocycles. The molecule has 0 aliphatic carbocycles. The Labute approximate surface area is 177 Å². The summed E-state index contributed by atoms with van der Waals surface area (Å²) in [5.74, 6) is 0.683. The molecule has 0 fully saturated rings. The van der Waals surface area contributed by atoms with E-state index >= 15 is 0 Å². The van der Waals surface area contributed by atoms with E-state index in [-0.39, 0.29) is 0 Å². The largest absolute Gasteiger partial charge is 0.317 e. The van der Waals surface area contributed by atoms with Crippen molar-refractivity contribution in [1.29, 1.82) is 0 Å². The van der Waals surface area contributed by atoms with E-state index in [1.807, 2.05) is 73.0 Å². The summed E-state index contributed by atoms with van der Waals surface area (Å²) in [7, 11) is 0. The minimum Gasteiger partial charge on any atom is -0.317 e. The van der Waals surface area contributed by atoms with Gasteiger partial charge in [0.2, 0.25) is 0 Å². The number of rotatable bonds is 5. The molecule has 0 heterocycles. The molecule has 0 spiro atoms. The molecule has 0 unspecified atom stereocenters. The van der Waals surface area contributed by atoms with Crippen LogP contribution in [0.2, 0.25) is 0 Å². The lowest BCUT2D eigenvalue weighted by Gasteiger charge is -2.24. The summed E-state index contributed by atoms with van der Waals surface area (Å²) in [6.45, 7) is 6.68. The molecule has 3 aromatic carbocycles. The van der Waals surface area contributed by atoms with E-state index in [1.54, 1.807) is 11.8 Å². The molecule has 146 valence electrons. The Morgan fingerprint density at radius 2 is 1.55 bits per heavy atom. The Bertz CT molecular complexity index is 978. The van der Waals surface area contributed by atoms with Crippen LogP contribution in [0.25, 0.3) is 0 Å². The van der Waals surface area contributed by atoms with Crippen molar-refractivity contribution in [2.45, 2.75) is 6.92 Å². The number of anilines is 1. The predicted octanol–water partition coefficient (Wildman–Crippen LogP) is 6.48. The van der Waals surface area contributed by atoms with Crippen LogP contribution in [0.3, 0.4) is 0 Å². The number of aliphatic imine (C=N–C) groups is 2. The Kier molecular flexibility index (Phi) is 7.42. The van der Waals surface area contributed by atoms with Crippen LogP contribution in [0.5, 0.6) is 0 Å². The van der Waals surface area contributed by atoms with Gasteiger partial charge in [-0.2, -0.15) is 0 Å². The summed E-state index contributed by atoms with van der Waals surface area (Å²) in [6, 6.07) is 28.4. The summed E-state index contributed by atoms with van der Waals surface area (Å²) < 4.78 is 0. The lowest BCUT2D eigenvalue weighted by atomic mass is 10.2. The zero-order chi connectivity index (χ0) is 20.5. The van der Waals surface area contributed by atoms with Crippen molar-refractivity contribution in [1.82, 2.24) is 0 Å². The monoisotopic (exact) mass is 399 g/mol. The second kappa shape index (κ2) is 10.4. The summed E-state index contributed by atoms with van der Waals surface area (Å²) >= 11 is 1.60. The van der Waals surface area contributed by atoms with Gasteiger partial charge in [-0.1, -0.05) is 84.1 Å². The van der Waals surface area contributed by atoms with E-state index in [0.29, 0.717) is 12.4 Å². The normalized spacial score (nSPS) is 11.9. The maximum Gasteiger partial charge on any atom is 0.170 e. The van der Waals surface area contributed by atoms with Crippen molar-refractivity contribution >= 4 is 34.1 Å². The molecule has 0 aliphatic rings. The predicted molar refractivity (Wildman–Crippen MR) is 129 cm³/mol. The van der Waals surface area contributed by atoms with E-state index in [4.69, 9.17) is 9.98 Å². The second-order valence-corrected chi connectivity index (χ2v) is 7.24. The van der Waals surface area contributed by atoms with Crippen molar-refractivity contribution in [3.05, 3.63) is 109 Å². The molecule has 0 saturated carbocycles. The maximum absolute atomic E-state index is 4.99. The van der Waals surface area contributed by atoms with Crippen LogP contribution in [0.4, 0.5) is 11.4 Å². The van der Waals surface area contributed by atoms with Crippen LogP contribution in [-0.2, 0) is 0 Å². The van der Waals surface area contributed by atoms with E-state index in [0.717, 1.165) is 22.1 Å². The summed E-state index contributed by atoms with van der Waals surface area (Å²) in [5, 5.41) is 0.868. The Morgan fingerprint density at radius 1 is 0.931 bits per heavy atom. The molecule has 0 N–H and O–H groups in total. The van der Waals surface area contributed by atoms with Crippen LogP contribution >= 0.6 is 11.8 Å². The average Bonchev–Trinajstić information content (AvgIpc) is 2.77. The van der Waals surface area contributed by atoms with E-state index < -0.39 is 0 Å². The van der Waals surface area contributed by atoms with Crippen LogP contribution in [-0.4, -0.2) is 23.8 Å². The number of hydrogen-bond donors (Lipinski definition) is 0. The first kappa shape index (κ1) is 20.6. The minimum atomic E-state index is 0.663. The van der Waals surface area contributed by atoms with Crippen molar-refractivity contribution in [2.75, 3.05) is 17.7 Å². The quantitative estimate of drug-likeness (QED) is 0.279. The lowest BCUT2D eigenvalue weighted by molar-refractivity contribution is 1.15. The number of aryl methyl sites for hydroxylation is 1. The van der Waals surface area contributed by atoms with Gasteiger partial charge in [0.05, 0.1) is 5.69 Å². The topological polar surface area (TPSA) is 28.0 Å². The first-order valence-electron chi connectivity index (χ1n) is 9.48. The molecule has 0 aromatic heterocycles. The van der Waals surface area contributed by atoms with Crippen LogP contribution in [0.15, 0.2) is 108 Å². The molecule has 0 aliphatic heterocycles. The van der Waals surface area contributed by atoms with Gasteiger partial charge in [0, 0.05) is 17.8 Å².